The molecule has 21 heavy (non-hydrogen) atoms. The van der Waals surface area contributed by atoms with Gasteiger partial charge >= 0.3 is 0 Å². The van der Waals surface area contributed by atoms with Crippen molar-refractivity contribution in [3.63, 3.8) is 0 Å². The van der Waals surface area contributed by atoms with Crippen molar-refractivity contribution >= 4 is 5.95 Å². The first-order chi connectivity index (χ1) is 9.86. The number of nitrogens with zero attached hydrogens (tertiary/aromatic N) is 3. The molecule has 1 heterocycles. The Morgan fingerprint density at radius 3 is 2.33 bits per heavy atom. The van der Waals surface area contributed by atoms with Gasteiger partial charge in [0, 0.05) is 5.92 Å². The van der Waals surface area contributed by atoms with Crippen molar-refractivity contribution in [3.8, 4) is 0 Å². The number of rotatable bonds is 4. The van der Waals surface area contributed by atoms with Crippen LogP contribution in [-0.4, -0.2) is 15.0 Å². The van der Waals surface area contributed by atoms with Gasteiger partial charge in [0.15, 0.2) is 11.6 Å². The monoisotopic (exact) mass is 292 g/mol. The third-order valence-corrected chi connectivity index (χ3v) is 3.07. The third-order valence-electron chi connectivity index (χ3n) is 3.07. The molecule has 0 fully saturated rings. The Balaban J connectivity index is 2.22. The average molecular weight is 292 g/mol. The lowest BCUT2D eigenvalue weighted by Gasteiger charge is -2.15. The lowest BCUT2D eigenvalue weighted by atomic mass is 10.1. The van der Waals surface area contributed by atoms with Crippen molar-refractivity contribution < 1.29 is 8.78 Å². The summed E-state index contributed by atoms with van der Waals surface area (Å²) in [5.74, 6) is 0.213. The van der Waals surface area contributed by atoms with Gasteiger partial charge in [0.25, 0.3) is 0 Å². The Morgan fingerprint density at radius 2 is 1.71 bits per heavy atom. The largest absolute Gasteiger partial charge is 0.348 e. The zero-order valence-electron chi connectivity index (χ0n) is 12.5. The van der Waals surface area contributed by atoms with Gasteiger partial charge in [0.2, 0.25) is 5.95 Å². The Bertz CT molecular complexity index is 644. The third kappa shape index (κ3) is 3.71. The van der Waals surface area contributed by atoms with Gasteiger partial charge in [-0.25, -0.2) is 13.8 Å². The van der Waals surface area contributed by atoms with Crippen molar-refractivity contribution in [1.29, 1.82) is 0 Å². The summed E-state index contributed by atoms with van der Waals surface area (Å²) in [6.45, 7) is 7.62. The van der Waals surface area contributed by atoms with Crippen LogP contribution in [0.5, 0.6) is 0 Å². The highest BCUT2D eigenvalue weighted by molar-refractivity contribution is 5.32. The predicted molar refractivity (Wildman–Crippen MR) is 77.0 cm³/mol. The molecule has 0 amide bonds. The van der Waals surface area contributed by atoms with E-state index in [9.17, 15) is 8.78 Å². The first kappa shape index (κ1) is 15.3. The quantitative estimate of drug-likeness (QED) is 0.932. The molecule has 112 valence electrons. The summed E-state index contributed by atoms with van der Waals surface area (Å²) >= 11 is 0. The summed E-state index contributed by atoms with van der Waals surface area (Å²) in [6.07, 6.45) is 0. The molecule has 4 nitrogen and oxygen atoms in total. The summed E-state index contributed by atoms with van der Waals surface area (Å²) < 4.78 is 26.2. The Morgan fingerprint density at radius 1 is 1.00 bits per heavy atom. The molecule has 2 aromatic rings. The Kier molecular flexibility index (Phi) is 4.45. The molecule has 0 saturated heterocycles. The van der Waals surface area contributed by atoms with Gasteiger partial charge in [0.05, 0.1) is 6.04 Å². The molecule has 1 N–H and O–H groups in total. The van der Waals surface area contributed by atoms with Crippen LogP contribution in [0.1, 0.15) is 49.9 Å². The number of aryl methyl sites for hydroxylation is 1. The zero-order chi connectivity index (χ0) is 15.6. The Labute approximate surface area is 122 Å². The number of halogens is 2. The molecule has 0 aliphatic carbocycles. The lowest BCUT2D eigenvalue weighted by Crippen LogP contribution is -2.13. The van der Waals surface area contributed by atoms with Gasteiger partial charge in [-0.15, -0.1) is 0 Å². The van der Waals surface area contributed by atoms with E-state index in [-0.39, 0.29) is 12.0 Å². The van der Waals surface area contributed by atoms with E-state index in [1.165, 1.54) is 12.1 Å². The van der Waals surface area contributed by atoms with Crippen molar-refractivity contribution in [2.45, 2.75) is 39.7 Å². The smallest absolute Gasteiger partial charge is 0.226 e. The van der Waals surface area contributed by atoms with Crippen LogP contribution < -0.4 is 5.32 Å². The lowest BCUT2D eigenvalue weighted by molar-refractivity contribution is 0.506. The summed E-state index contributed by atoms with van der Waals surface area (Å²) in [7, 11) is 0. The van der Waals surface area contributed by atoms with Gasteiger partial charge in [-0.05, 0) is 31.5 Å². The van der Waals surface area contributed by atoms with E-state index in [2.05, 4.69) is 20.3 Å². The van der Waals surface area contributed by atoms with Gasteiger partial charge in [0.1, 0.15) is 11.6 Å². The predicted octanol–water partition coefficient (Wildman–Crippen LogP) is 3.75. The summed E-state index contributed by atoms with van der Waals surface area (Å²) in [5.41, 5.74) is 0.623. The number of hydrogen-bond acceptors (Lipinski definition) is 4. The molecule has 1 aromatic heterocycles. The minimum atomic E-state index is -0.865. The van der Waals surface area contributed by atoms with E-state index in [4.69, 9.17) is 0 Å². The van der Waals surface area contributed by atoms with Crippen molar-refractivity contribution in [2.75, 3.05) is 5.32 Å². The molecule has 1 unspecified atom stereocenters. The van der Waals surface area contributed by atoms with E-state index in [0.717, 1.165) is 6.07 Å². The highest BCUT2D eigenvalue weighted by Crippen LogP contribution is 2.20. The normalized spacial score (nSPS) is 12.5. The maximum absolute atomic E-state index is 13.3. The highest BCUT2D eigenvalue weighted by atomic mass is 19.2. The maximum Gasteiger partial charge on any atom is 0.226 e. The summed E-state index contributed by atoms with van der Waals surface area (Å²) in [4.78, 5) is 12.8. The second-order valence-electron chi connectivity index (χ2n) is 5.26. The molecule has 0 spiro atoms. The first-order valence-corrected chi connectivity index (χ1v) is 6.81. The van der Waals surface area contributed by atoms with Gasteiger partial charge in [-0.1, -0.05) is 19.9 Å². The van der Waals surface area contributed by atoms with Crippen LogP contribution in [-0.2, 0) is 0 Å². The number of benzene rings is 1. The fourth-order valence-electron chi connectivity index (χ4n) is 1.88. The molecule has 0 radical (unpaired) electrons. The number of nitrogens with one attached hydrogen (secondary N) is 1. The molecular weight excluding hydrogens is 274 g/mol. The number of anilines is 1. The van der Waals surface area contributed by atoms with Crippen LogP contribution in [0.15, 0.2) is 18.2 Å². The van der Waals surface area contributed by atoms with E-state index in [1.807, 2.05) is 20.8 Å². The number of hydrogen-bond donors (Lipinski definition) is 1. The molecule has 6 heteroatoms. The second kappa shape index (κ2) is 6.11. The minimum absolute atomic E-state index is 0.186. The topological polar surface area (TPSA) is 50.7 Å². The molecule has 0 aliphatic heterocycles. The molecule has 2 rings (SSSR count). The van der Waals surface area contributed by atoms with Crippen molar-refractivity contribution in [3.05, 3.63) is 47.0 Å². The van der Waals surface area contributed by atoms with Crippen LogP contribution >= 0.6 is 0 Å². The summed E-state index contributed by atoms with van der Waals surface area (Å²) in [5, 5.41) is 3.09. The average Bonchev–Trinajstić information content (AvgIpc) is 2.41. The zero-order valence-corrected chi connectivity index (χ0v) is 12.5. The van der Waals surface area contributed by atoms with Crippen molar-refractivity contribution in [2.24, 2.45) is 0 Å². The van der Waals surface area contributed by atoms with Crippen LogP contribution in [0.25, 0.3) is 0 Å². The molecule has 0 saturated carbocycles. The minimum Gasteiger partial charge on any atom is -0.348 e. The van der Waals surface area contributed by atoms with Crippen LogP contribution in [0.3, 0.4) is 0 Å². The molecule has 1 aromatic carbocycles. The van der Waals surface area contributed by atoms with Gasteiger partial charge in [-0.3, -0.25) is 0 Å². The second-order valence-corrected chi connectivity index (χ2v) is 5.26. The Hall–Kier alpha value is -2.11. The van der Waals surface area contributed by atoms with Crippen molar-refractivity contribution in [1.82, 2.24) is 15.0 Å². The van der Waals surface area contributed by atoms with Gasteiger partial charge in [-0.2, -0.15) is 9.97 Å². The first-order valence-electron chi connectivity index (χ1n) is 6.81. The molecule has 1 atom stereocenters. The fourth-order valence-corrected chi connectivity index (χ4v) is 1.88. The van der Waals surface area contributed by atoms with E-state index >= 15 is 0 Å². The van der Waals surface area contributed by atoms with Crippen LogP contribution in [0.2, 0.25) is 0 Å². The van der Waals surface area contributed by atoms with Crippen LogP contribution in [0.4, 0.5) is 14.7 Å². The van der Waals surface area contributed by atoms with E-state index in [0.29, 0.717) is 23.2 Å². The SMILES string of the molecule is Cc1nc(NC(C)c2ccc(F)c(F)c2)nc(C(C)C)n1. The van der Waals surface area contributed by atoms with E-state index < -0.39 is 11.6 Å². The standard InChI is InChI=1S/C15H18F2N4/c1-8(2)14-19-10(4)20-15(21-14)18-9(3)11-5-6-12(16)13(17)7-11/h5-9H,1-4H3,(H,18,19,20,21). The fraction of sp³-hybridized carbons (Fsp3) is 0.400. The summed E-state index contributed by atoms with van der Waals surface area (Å²) in [6, 6.07) is 3.57. The van der Waals surface area contributed by atoms with Crippen LogP contribution in [0, 0.1) is 18.6 Å². The molecular formula is C15H18F2N4. The molecule has 0 aliphatic rings. The molecule has 0 bridgehead atoms. The highest BCUT2D eigenvalue weighted by Gasteiger charge is 2.12. The van der Waals surface area contributed by atoms with E-state index in [1.54, 1.807) is 6.92 Å². The van der Waals surface area contributed by atoms with Gasteiger partial charge < -0.3 is 5.32 Å². The number of aromatic nitrogens is 3. The maximum atomic E-state index is 13.3.